The quantitative estimate of drug-likeness (QED) is 0.496. The lowest BCUT2D eigenvalue weighted by molar-refractivity contribution is -0.169. The lowest BCUT2D eigenvalue weighted by Crippen LogP contribution is -2.51. The van der Waals surface area contributed by atoms with Crippen LogP contribution >= 0.6 is 0 Å². The highest BCUT2D eigenvalue weighted by atomic mass is 19.4. The van der Waals surface area contributed by atoms with E-state index in [2.05, 4.69) is 22.2 Å². The maximum atomic E-state index is 13.0. The van der Waals surface area contributed by atoms with E-state index in [0.717, 1.165) is 26.2 Å². The Morgan fingerprint density at radius 2 is 2.19 bits per heavy atom. The number of aliphatic hydroxyl groups is 1. The topological polar surface area (TPSA) is 83.5 Å². The van der Waals surface area contributed by atoms with Gasteiger partial charge in [0.1, 0.15) is 5.60 Å². The van der Waals surface area contributed by atoms with Crippen molar-refractivity contribution < 1.29 is 27.8 Å². The van der Waals surface area contributed by atoms with E-state index in [1.807, 2.05) is 0 Å². The number of ether oxygens (including phenoxy) is 1. The average molecular weight is 456 g/mol. The van der Waals surface area contributed by atoms with E-state index in [1.54, 1.807) is 12.1 Å². The molecule has 1 saturated carbocycles. The number of nitrogens with one attached hydrogen (secondary N) is 2. The van der Waals surface area contributed by atoms with Crippen LogP contribution < -0.4 is 15.4 Å². The van der Waals surface area contributed by atoms with Crippen LogP contribution in [-0.4, -0.2) is 46.5 Å². The normalized spacial score (nSPS) is 22.1. The van der Waals surface area contributed by atoms with Crippen molar-refractivity contribution in [1.82, 2.24) is 15.6 Å². The van der Waals surface area contributed by atoms with Gasteiger partial charge in [-0.2, -0.15) is 13.2 Å². The number of carbonyl (C=O) groups is 1. The van der Waals surface area contributed by atoms with Crippen molar-refractivity contribution in [2.24, 2.45) is 5.92 Å². The largest absolute Gasteiger partial charge is 0.471 e. The van der Waals surface area contributed by atoms with E-state index >= 15 is 0 Å². The minimum atomic E-state index is -4.27. The third kappa shape index (κ3) is 5.81. The second kappa shape index (κ2) is 9.79. The number of pyridine rings is 1. The highest BCUT2D eigenvalue weighted by molar-refractivity contribution is 5.73. The van der Waals surface area contributed by atoms with Gasteiger partial charge in [-0.25, -0.2) is 4.98 Å². The van der Waals surface area contributed by atoms with E-state index in [1.165, 1.54) is 13.1 Å². The van der Waals surface area contributed by atoms with Crippen LogP contribution in [0.15, 0.2) is 24.9 Å². The highest BCUT2D eigenvalue weighted by Gasteiger charge is 2.46. The fraction of sp³-hybridized carbons (Fsp3) is 0.652. The van der Waals surface area contributed by atoms with Crippen molar-refractivity contribution in [1.29, 1.82) is 0 Å². The van der Waals surface area contributed by atoms with Crippen molar-refractivity contribution in [3.8, 4) is 5.88 Å². The summed E-state index contributed by atoms with van der Waals surface area (Å²) in [6.45, 7) is 6.42. The lowest BCUT2D eigenvalue weighted by atomic mass is 9.73. The molecule has 0 bridgehead atoms. The van der Waals surface area contributed by atoms with Gasteiger partial charge >= 0.3 is 6.18 Å². The van der Waals surface area contributed by atoms with Gasteiger partial charge < -0.3 is 20.5 Å². The van der Waals surface area contributed by atoms with Gasteiger partial charge in [0.05, 0.1) is 18.1 Å². The van der Waals surface area contributed by atoms with Crippen LogP contribution in [0.25, 0.3) is 0 Å². The molecule has 1 aliphatic carbocycles. The molecule has 1 amide bonds. The van der Waals surface area contributed by atoms with Gasteiger partial charge in [0.15, 0.2) is 0 Å². The Morgan fingerprint density at radius 3 is 2.75 bits per heavy atom. The summed E-state index contributed by atoms with van der Waals surface area (Å²) in [5.41, 5.74) is 0.889. The van der Waals surface area contributed by atoms with Crippen LogP contribution in [0.1, 0.15) is 63.1 Å². The number of hydrogen-bond acceptors (Lipinski definition) is 5. The van der Waals surface area contributed by atoms with Crippen LogP contribution in [0.4, 0.5) is 13.2 Å². The van der Waals surface area contributed by atoms with Gasteiger partial charge in [0.2, 0.25) is 11.8 Å². The second-order valence-electron chi connectivity index (χ2n) is 9.09. The second-order valence-corrected chi connectivity index (χ2v) is 9.09. The highest BCUT2D eigenvalue weighted by Crippen LogP contribution is 2.48. The number of halogens is 3. The van der Waals surface area contributed by atoms with E-state index < -0.39 is 24.2 Å². The molecule has 1 spiro atoms. The molecule has 3 N–H and O–H groups in total. The Kier molecular flexibility index (Phi) is 7.50. The fourth-order valence-corrected chi connectivity index (χ4v) is 4.38. The lowest BCUT2D eigenvalue weighted by Gasteiger charge is -2.47. The summed E-state index contributed by atoms with van der Waals surface area (Å²) in [6.07, 6.45) is 1.71. The first kappa shape index (κ1) is 24.5. The minimum Gasteiger partial charge on any atom is -0.471 e. The molecule has 0 radical (unpaired) electrons. The summed E-state index contributed by atoms with van der Waals surface area (Å²) in [5.74, 6) is -1.28. The molecule has 0 unspecified atom stereocenters. The number of alkyl halides is 3. The summed E-state index contributed by atoms with van der Waals surface area (Å²) in [4.78, 5) is 15.8. The number of nitrogens with zero attached hydrogens (tertiary/aromatic N) is 1. The molecule has 178 valence electrons. The number of fused-ring (bicyclic) bond motifs is 1. The fourth-order valence-electron chi connectivity index (χ4n) is 4.38. The zero-order valence-corrected chi connectivity index (χ0v) is 18.5. The molecule has 3 rings (SSSR count). The van der Waals surface area contributed by atoms with Crippen molar-refractivity contribution >= 4 is 5.91 Å². The molecule has 4 atom stereocenters. The molecule has 1 aliphatic heterocycles. The Morgan fingerprint density at radius 1 is 1.47 bits per heavy atom. The van der Waals surface area contributed by atoms with Crippen molar-refractivity contribution in [3.05, 3.63) is 36.0 Å². The van der Waals surface area contributed by atoms with Crippen molar-refractivity contribution in [3.63, 3.8) is 0 Å². The van der Waals surface area contributed by atoms with Gasteiger partial charge in [-0.1, -0.05) is 13.0 Å². The number of carbonyl (C=O) groups excluding carboxylic acids is 1. The van der Waals surface area contributed by atoms with Crippen molar-refractivity contribution in [2.45, 2.75) is 82.3 Å². The third-order valence-electron chi connectivity index (χ3n) is 6.41. The average Bonchev–Trinajstić information content (AvgIpc) is 2.69. The first-order chi connectivity index (χ1) is 15.0. The van der Waals surface area contributed by atoms with Crippen LogP contribution in [0, 0.1) is 5.92 Å². The predicted molar refractivity (Wildman–Crippen MR) is 114 cm³/mol. The molecule has 9 heteroatoms. The summed E-state index contributed by atoms with van der Waals surface area (Å²) in [6, 6.07) is 1.03. The van der Waals surface area contributed by atoms with E-state index in [-0.39, 0.29) is 30.5 Å². The standard InChI is InChI=1S/C23H32F3N3O3/c1-4-6-18(29-15(3)30)20(31)13-27-19-11-22(7-5-8-22)32-21-17(19)10-16(12-28-21)9-14(2)23(24,25)26/h4,10,12,14,18-20,27,31H,1,5-9,11,13H2,2-3H3,(H,29,30)/t14-,18-,19-,20+/m0/s1. The summed E-state index contributed by atoms with van der Waals surface area (Å²) in [5, 5.41) is 16.7. The Bertz CT molecular complexity index is 826. The van der Waals surface area contributed by atoms with Crippen LogP contribution in [0.5, 0.6) is 5.88 Å². The Balaban J connectivity index is 1.77. The molecule has 1 fully saturated rings. The van der Waals surface area contributed by atoms with Crippen LogP contribution in [0.2, 0.25) is 0 Å². The molecular weight excluding hydrogens is 423 g/mol. The van der Waals surface area contributed by atoms with Gasteiger partial charge in [-0.05, 0) is 43.7 Å². The van der Waals surface area contributed by atoms with Gasteiger partial charge in [0.25, 0.3) is 0 Å². The monoisotopic (exact) mass is 455 g/mol. The molecule has 0 saturated heterocycles. The maximum absolute atomic E-state index is 13.0. The smallest absolute Gasteiger partial charge is 0.391 e. The van der Waals surface area contributed by atoms with E-state index in [4.69, 9.17) is 4.74 Å². The molecule has 1 aromatic heterocycles. The van der Waals surface area contributed by atoms with Gasteiger partial charge in [-0.15, -0.1) is 6.58 Å². The zero-order valence-electron chi connectivity index (χ0n) is 18.5. The van der Waals surface area contributed by atoms with Gasteiger partial charge in [-0.3, -0.25) is 4.79 Å². The summed E-state index contributed by atoms with van der Waals surface area (Å²) >= 11 is 0. The SMILES string of the molecule is C=CC[C@H](NC(C)=O)[C@H](O)CN[C@H]1CC2(CCC2)Oc2ncc(C[C@H](C)C(F)(F)F)cc21. The van der Waals surface area contributed by atoms with Crippen molar-refractivity contribution in [2.75, 3.05) is 6.54 Å². The number of aromatic nitrogens is 1. The minimum absolute atomic E-state index is 0.159. The molecule has 0 aromatic carbocycles. The number of hydrogen-bond donors (Lipinski definition) is 3. The molecule has 2 heterocycles. The first-order valence-electron chi connectivity index (χ1n) is 11.1. The number of amides is 1. The van der Waals surface area contributed by atoms with E-state index in [0.29, 0.717) is 29.8 Å². The predicted octanol–water partition coefficient (Wildman–Crippen LogP) is 3.60. The summed E-state index contributed by atoms with van der Waals surface area (Å²) in [7, 11) is 0. The zero-order chi connectivity index (χ0) is 23.5. The molecule has 6 nitrogen and oxygen atoms in total. The maximum Gasteiger partial charge on any atom is 0.391 e. The molecule has 2 aliphatic rings. The number of aliphatic hydroxyl groups excluding tert-OH is 1. The van der Waals surface area contributed by atoms with E-state index in [9.17, 15) is 23.1 Å². The van der Waals surface area contributed by atoms with Crippen LogP contribution in [0.3, 0.4) is 0 Å². The Labute approximate surface area is 186 Å². The molecule has 32 heavy (non-hydrogen) atoms. The van der Waals surface area contributed by atoms with Crippen LogP contribution in [-0.2, 0) is 11.2 Å². The Hall–Kier alpha value is -2.13. The molecule has 1 aromatic rings. The number of rotatable bonds is 9. The third-order valence-corrected chi connectivity index (χ3v) is 6.41. The van der Waals surface area contributed by atoms with Gasteiger partial charge in [0, 0.05) is 37.7 Å². The first-order valence-corrected chi connectivity index (χ1v) is 11.1. The summed E-state index contributed by atoms with van der Waals surface area (Å²) < 4.78 is 45.2. The molecular formula is C23H32F3N3O3.